The molecule has 3 atom stereocenters. The molecule has 0 N–H and O–H groups in total. The standard InChI is InChI=1S/C16H17NO3/c18-15-5-9-2-1-3-11-12-6-14-13(19-8-20-14)4-10(12)7-17(15)16(9)11/h4,6,9,11,16H,1-3,5,7-8H2/t9-,11-,16+/m0/s1. The van der Waals surface area contributed by atoms with E-state index < -0.39 is 0 Å². The molecule has 1 saturated heterocycles. The summed E-state index contributed by atoms with van der Waals surface area (Å²) in [7, 11) is 0. The van der Waals surface area contributed by atoms with Crippen molar-refractivity contribution < 1.29 is 14.3 Å². The van der Waals surface area contributed by atoms with E-state index in [1.54, 1.807) is 0 Å². The zero-order chi connectivity index (χ0) is 13.3. The maximum atomic E-state index is 12.3. The van der Waals surface area contributed by atoms with E-state index in [-0.39, 0.29) is 0 Å². The van der Waals surface area contributed by atoms with Crippen molar-refractivity contribution >= 4 is 5.91 Å². The fraction of sp³-hybridized carbons (Fsp3) is 0.562. The van der Waals surface area contributed by atoms with Gasteiger partial charge in [-0.25, -0.2) is 0 Å². The fourth-order valence-electron chi connectivity index (χ4n) is 4.67. The minimum atomic E-state index is 0.317. The van der Waals surface area contributed by atoms with Crippen LogP contribution in [0.4, 0.5) is 0 Å². The second kappa shape index (κ2) is 3.68. The molecule has 0 aromatic heterocycles. The molecule has 1 aromatic carbocycles. The van der Waals surface area contributed by atoms with Gasteiger partial charge in [-0.15, -0.1) is 0 Å². The summed E-state index contributed by atoms with van der Waals surface area (Å²) in [4.78, 5) is 14.4. The number of rotatable bonds is 0. The summed E-state index contributed by atoms with van der Waals surface area (Å²) < 4.78 is 11.0. The second-order valence-corrected chi connectivity index (χ2v) is 6.42. The van der Waals surface area contributed by atoms with Gasteiger partial charge in [0, 0.05) is 24.9 Å². The first-order chi connectivity index (χ1) is 9.81. The van der Waals surface area contributed by atoms with E-state index in [0.717, 1.165) is 24.5 Å². The van der Waals surface area contributed by atoms with Gasteiger partial charge in [0.15, 0.2) is 11.5 Å². The normalized spacial score (nSPS) is 33.1. The molecule has 5 rings (SSSR count). The summed E-state index contributed by atoms with van der Waals surface area (Å²) in [6, 6.07) is 4.69. The van der Waals surface area contributed by atoms with Crippen molar-refractivity contribution in [2.75, 3.05) is 6.79 Å². The monoisotopic (exact) mass is 271 g/mol. The Kier molecular flexibility index (Phi) is 2.03. The zero-order valence-corrected chi connectivity index (χ0v) is 11.3. The first-order valence-electron chi connectivity index (χ1n) is 7.53. The van der Waals surface area contributed by atoms with Crippen molar-refractivity contribution in [2.45, 2.75) is 44.2 Å². The van der Waals surface area contributed by atoms with Crippen LogP contribution in [0.1, 0.15) is 42.7 Å². The van der Waals surface area contributed by atoms with Crippen LogP contribution >= 0.6 is 0 Å². The topological polar surface area (TPSA) is 38.8 Å². The van der Waals surface area contributed by atoms with E-state index in [4.69, 9.17) is 9.47 Å². The first kappa shape index (κ1) is 11.0. The Morgan fingerprint density at radius 2 is 2.00 bits per heavy atom. The summed E-state index contributed by atoms with van der Waals surface area (Å²) in [5.74, 6) is 3.12. The number of nitrogens with zero attached hydrogens (tertiary/aromatic N) is 1. The third kappa shape index (κ3) is 1.29. The van der Waals surface area contributed by atoms with Crippen LogP contribution in [0.15, 0.2) is 12.1 Å². The lowest BCUT2D eigenvalue weighted by molar-refractivity contribution is -0.130. The molecule has 0 spiro atoms. The Bertz CT molecular complexity index is 612. The van der Waals surface area contributed by atoms with Gasteiger partial charge in [-0.3, -0.25) is 4.79 Å². The number of hydrogen-bond donors (Lipinski definition) is 0. The lowest BCUT2D eigenvalue weighted by Crippen LogP contribution is -2.44. The highest BCUT2D eigenvalue weighted by atomic mass is 16.7. The number of carbonyl (C=O) groups excluding carboxylic acids is 1. The molecule has 0 radical (unpaired) electrons. The highest BCUT2D eigenvalue weighted by Crippen LogP contribution is 2.51. The van der Waals surface area contributed by atoms with Crippen molar-refractivity contribution in [3.05, 3.63) is 23.3 Å². The van der Waals surface area contributed by atoms with Gasteiger partial charge in [-0.05, 0) is 42.0 Å². The van der Waals surface area contributed by atoms with E-state index in [9.17, 15) is 4.79 Å². The van der Waals surface area contributed by atoms with Crippen LogP contribution in [0, 0.1) is 5.92 Å². The maximum absolute atomic E-state index is 12.3. The maximum Gasteiger partial charge on any atom is 0.231 e. The quantitative estimate of drug-likeness (QED) is 0.727. The number of carbonyl (C=O) groups is 1. The molecule has 3 aliphatic heterocycles. The predicted octanol–water partition coefficient (Wildman–Crippen LogP) is 2.41. The summed E-state index contributed by atoms with van der Waals surface area (Å²) in [5.41, 5.74) is 2.65. The van der Waals surface area contributed by atoms with E-state index in [2.05, 4.69) is 17.0 Å². The number of ether oxygens (including phenoxy) is 2. The van der Waals surface area contributed by atoms with Gasteiger partial charge in [-0.1, -0.05) is 6.42 Å². The molecule has 0 unspecified atom stereocenters. The lowest BCUT2D eigenvalue weighted by atomic mass is 9.71. The van der Waals surface area contributed by atoms with E-state index in [0.29, 0.717) is 30.6 Å². The van der Waals surface area contributed by atoms with E-state index >= 15 is 0 Å². The first-order valence-corrected chi connectivity index (χ1v) is 7.53. The molecular weight excluding hydrogens is 254 g/mol. The van der Waals surface area contributed by atoms with Crippen LogP contribution in [-0.2, 0) is 11.3 Å². The van der Waals surface area contributed by atoms with Gasteiger partial charge in [0.2, 0.25) is 12.7 Å². The minimum Gasteiger partial charge on any atom is -0.454 e. The van der Waals surface area contributed by atoms with Gasteiger partial charge in [0.1, 0.15) is 0 Å². The van der Waals surface area contributed by atoms with Crippen LogP contribution in [-0.4, -0.2) is 23.6 Å². The van der Waals surface area contributed by atoms with Crippen molar-refractivity contribution in [2.24, 2.45) is 5.92 Å². The fourth-order valence-corrected chi connectivity index (χ4v) is 4.67. The van der Waals surface area contributed by atoms with Gasteiger partial charge in [-0.2, -0.15) is 0 Å². The number of amides is 1. The molecule has 2 fully saturated rings. The lowest BCUT2D eigenvalue weighted by Gasteiger charge is -2.43. The molecule has 1 aromatic rings. The van der Waals surface area contributed by atoms with Crippen molar-refractivity contribution in [3.63, 3.8) is 0 Å². The zero-order valence-electron chi connectivity index (χ0n) is 11.3. The number of benzene rings is 1. The van der Waals surface area contributed by atoms with E-state index in [1.807, 2.05) is 0 Å². The molecular formula is C16H17NO3. The molecule has 20 heavy (non-hydrogen) atoms. The molecule has 104 valence electrons. The van der Waals surface area contributed by atoms with Crippen LogP contribution in [0.3, 0.4) is 0 Å². The van der Waals surface area contributed by atoms with Crippen molar-refractivity contribution in [3.8, 4) is 11.5 Å². The van der Waals surface area contributed by atoms with Crippen molar-refractivity contribution in [1.82, 2.24) is 4.90 Å². The van der Waals surface area contributed by atoms with Crippen LogP contribution in [0.5, 0.6) is 11.5 Å². The highest BCUT2D eigenvalue weighted by Gasteiger charge is 2.49. The third-order valence-corrected chi connectivity index (χ3v) is 5.48. The Labute approximate surface area is 117 Å². The highest BCUT2D eigenvalue weighted by molar-refractivity contribution is 5.80. The molecule has 1 saturated carbocycles. The second-order valence-electron chi connectivity index (χ2n) is 6.42. The molecule has 4 nitrogen and oxygen atoms in total. The van der Waals surface area contributed by atoms with Gasteiger partial charge in [0.25, 0.3) is 0 Å². The Morgan fingerprint density at radius 1 is 1.15 bits per heavy atom. The van der Waals surface area contributed by atoms with Crippen LogP contribution in [0.2, 0.25) is 0 Å². The largest absolute Gasteiger partial charge is 0.454 e. The van der Waals surface area contributed by atoms with Crippen LogP contribution in [0.25, 0.3) is 0 Å². The summed E-state index contributed by atoms with van der Waals surface area (Å²) in [6.45, 7) is 1.07. The third-order valence-electron chi connectivity index (χ3n) is 5.48. The minimum absolute atomic E-state index is 0.317. The SMILES string of the molecule is O=C1C[C@@H]2CCC[C@H]3c4cc5c(cc4CN1[C@H]23)OCO5. The summed E-state index contributed by atoms with van der Waals surface area (Å²) in [6.07, 6.45) is 4.39. The Balaban J connectivity index is 1.66. The molecule has 4 heteroatoms. The predicted molar refractivity (Wildman–Crippen MR) is 71.6 cm³/mol. The van der Waals surface area contributed by atoms with Gasteiger partial charge < -0.3 is 14.4 Å². The van der Waals surface area contributed by atoms with Crippen molar-refractivity contribution in [1.29, 1.82) is 0 Å². The average Bonchev–Trinajstić information content (AvgIpc) is 3.03. The molecule has 1 amide bonds. The van der Waals surface area contributed by atoms with E-state index in [1.165, 1.54) is 30.4 Å². The smallest absolute Gasteiger partial charge is 0.231 e. The molecule has 1 aliphatic carbocycles. The van der Waals surface area contributed by atoms with Gasteiger partial charge in [0.05, 0.1) is 0 Å². The average molecular weight is 271 g/mol. The summed E-state index contributed by atoms with van der Waals surface area (Å²) in [5, 5.41) is 0. The Hall–Kier alpha value is -1.71. The summed E-state index contributed by atoms with van der Waals surface area (Å²) >= 11 is 0. The molecule has 0 bridgehead atoms. The number of fused-ring (bicyclic) bond motifs is 3. The molecule has 4 aliphatic rings. The van der Waals surface area contributed by atoms with Gasteiger partial charge >= 0.3 is 0 Å². The Morgan fingerprint density at radius 3 is 2.90 bits per heavy atom. The van der Waals surface area contributed by atoms with Crippen LogP contribution < -0.4 is 9.47 Å². The number of hydrogen-bond acceptors (Lipinski definition) is 3. The molecule has 3 heterocycles.